The molecule has 1 aromatic carbocycles. The first-order chi connectivity index (χ1) is 8.99. The topological polar surface area (TPSA) is 60.9 Å². The van der Waals surface area contributed by atoms with E-state index < -0.39 is 5.82 Å². The number of hydrogen-bond donors (Lipinski definition) is 1. The number of nitrogen functional groups attached to an aromatic ring is 1. The summed E-state index contributed by atoms with van der Waals surface area (Å²) in [5, 5.41) is 4.29. The quantitative estimate of drug-likeness (QED) is 0.679. The molecule has 0 aliphatic carbocycles. The van der Waals surface area contributed by atoms with Gasteiger partial charge in [-0.3, -0.25) is 9.48 Å². The maximum Gasteiger partial charge on any atom is 0.171 e. The Morgan fingerprint density at radius 1 is 1.42 bits per heavy atom. The Balaban J connectivity index is 2.18. The molecule has 0 aliphatic rings. The molecule has 19 heavy (non-hydrogen) atoms. The SMILES string of the molecule is CC(C)n1ccc(CC(=O)c2cccc(F)c2N)n1. The average Bonchev–Trinajstić information content (AvgIpc) is 2.81. The van der Waals surface area contributed by atoms with E-state index in [0.717, 1.165) is 0 Å². The number of para-hydroxylation sites is 1. The lowest BCUT2D eigenvalue weighted by Crippen LogP contribution is -2.09. The van der Waals surface area contributed by atoms with Gasteiger partial charge in [0.25, 0.3) is 0 Å². The highest BCUT2D eigenvalue weighted by molar-refractivity contribution is 6.01. The summed E-state index contributed by atoms with van der Waals surface area (Å²) in [6.07, 6.45) is 1.94. The summed E-state index contributed by atoms with van der Waals surface area (Å²) >= 11 is 0. The molecule has 1 heterocycles. The zero-order valence-electron chi connectivity index (χ0n) is 10.9. The number of Topliss-reactive ketones (excluding diaryl/α,β-unsaturated/α-hetero) is 1. The number of nitrogens with two attached hydrogens (primary N) is 1. The monoisotopic (exact) mass is 261 g/mol. The van der Waals surface area contributed by atoms with Crippen LogP contribution in [0, 0.1) is 5.82 Å². The van der Waals surface area contributed by atoms with Gasteiger partial charge in [-0.05, 0) is 32.0 Å². The van der Waals surface area contributed by atoms with E-state index in [4.69, 9.17) is 5.73 Å². The molecule has 0 bridgehead atoms. The molecule has 2 N–H and O–H groups in total. The van der Waals surface area contributed by atoms with Gasteiger partial charge in [0.05, 0.1) is 17.8 Å². The number of carbonyl (C=O) groups excluding carboxylic acids is 1. The summed E-state index contributed by atoms with van der Waals surface area (Å²) in [5.41, 5.74) is 6.33. The van der Waals surface area contributed by atoms with Crippen molar-refractivity contribution in [2.75, 3.05) is 5.73 Å². The van der Waals surface area contributed by atoms with Crippen LogP contribution in [0.5, 0.6) is 0 Å². The second-order valence-corrected chi connectivity index (χ2v) is 4.68. The minimum atomic E-state index is -0.571. The van der Waals surface area contributed by atoms with E-state index >= 15 is 0 Å². The number of anilines is 1. The number of aromatic nitrogens is 2. The maximum atomic E-state index is 13.3. The van der Waals surface area contributed by atoms with Crippen molar-refractivity contribution in [2.45, 2.75) is 26.3 Å². The Kier molecular flexibility index (Phi) is 3.64. The Hall–Kier alpha value is -2.17. The van der Waals surface area contributed by atoms with Crippen LogP contribution in [0.3, 0.4) is 0 Å². The zero-order valence-corrected chi connectivity index (χ0v) is 10.9. The van der Waals surface area contributed by atoms with Crippen molar-refractivity contribution in [1.29, 1.82) is 0 Å². The van der Waals surface area contributed by atoms with Crippen LogP contribution in [0.25, 0.3) is 0 Å². The second kappa shape index (κ2) is 5.22. The molecule has 0 saturated heterocycles. The fourth-order valence-corrected chi connectivity index (χ4v) is 1.80. The standard InChI is InChI=1S/C14H16FN3O/c1-9(2)18-7-6-10(17-18)8-13(19)11-4-3-5-12(15)14(11)16/h3-7,9H,8,16H2,1-2H3. The first kappa shape index (κ1) is 13.3. The largest absolute Gasteiger partial charge is 0.396 e. The van der Waals surface area contributed by atoms with Crippen molar-refractivity contribution in [2.24, 2.45) is 0 Å². The van der Waals surface area contributed by atoms with E-state index in [1.165, 1.54) is 18.2 Å². The van der Waals surface area contributed by atoms with Crippen LogP contribution in [0.4, 0.5) is 10.1 Å². The molecule has 0 fully saturated rings. The lowest BCUT2D eigenvalue weighted by molar-refractivity contribution is 0.0992. The van der Waals surface area contributed by atoms with Crippen molar-refractivity contribution in [3.8, 4) is 0 Å². The summed E-state index contributed by atoms with van der Waals surface area (Å²) in [6, 6.07) is 6.27. The van der Waals surface area contributed by atoms with E-state index in [2.05, 4.69) is 5.10 Å². The molecule has 2 aromatic rings. The third kappa shape index (κ3) is 2.81. The molecule has 100 valence electrons. The molecular formula is C14H16FN3O. The minimum absolute atomic E-state index is 0.101. The van der Waals surface area contributed by atoms with Gasteiger partial charge in [-0.1, -0.05) is 6.07 Å². The average molecular weight is 261 g/mol. The highest BCUT2D eigenvalue weighted by Gasteiger charge is 2.14. The first-order valence-corrected chi connectivity index (χ1v) is 6.10. The minimum Gasteiger partial charge on any atom is -0.396 e. The Bertz CT molecular complexity index is 604. The summed E-state index contributed by atoms with van der Waals surface area (Å²) in [6.45, 7) is 4.01. The molecule has 0 radical (unpaired) electrons. The lowest BCUT2D eigenvalue weighted by atomic mass is 10.0. The van der Waals surface area contributed by atoms with E-state index in [1.807, 2.05) is 20.0 Å². The van der Waals surface area contributed by atoms with Gasteiger partial charge >= 0.3 is 0 Å². The number of ketones is 1. The van der Waals surface area contributed by atoms with Crippen LogP contribution < -0.4 is 5.73 Å². The first-order valence-electron chi connectivity index (χ1n) is 6.10. The van der Waals surface area contributed by atoms with E-state index in [1.54, 1.807) is 10.7 Å². The summed E-state index contributed by atoms with van der Waals surface area (Å²) in [5.74, 6) is -0.801. The molecular weight excluding hydrogens is 245 g/mol. The van der Waals surface area contributed by atoms with Crippen LogP contribution in [-0.4, -0.2) is 15.6 Å². The van der Waals surface area contributed by atoms with Crippen LogP contribution in [0.1, 0.15) is 35.9 Å². The second-order valence-electron chi connectivity index (χ2n) is 4.68. The zero-order chi connectivity index (χ0) is 14.0. The molecule has 0 atom stereocenters. The molecule has 4 nitrogen and oxygen atoms in total. The van der Waals surface area contributed by atoms with Gasteiger partial charge in [0.2, 0.25) is 0 Å². The molecule has 2 rings (SSSR count). The fraction of sp³-hybridized carbons (Fsp3) is 0.286. The van der Waals surface area contributed by atoms with Gasteiger partial charge in [0.15, 0.2) is 5.78 Å². The number of halogens is 1. The highest BCUT2D eigenvalue weighted by Crippen LogP contribution is 2.18. The summed E-state index contributed by atoms with van der Waals surface area (Å²) in [7, 11) is 0. The number of rotatable bonds is 4. The predicted octanol–water partition coefficient (Wildman–Crippen LogP) is 2.61. The molecule has 0 spiro atoms. The van der Waals surface area contributed by atoms with Crippen LogP contribution >= 0.6 is 0 Å². The lowest BCUT2D eigenvalue weighted by Gasteiger charge is -2.05. The third-order valence-corrected chi connectivity index (χ3v) is 2.89. The van der Waals surface area contributed by atoms with Crippen molar-refractivity contribution in [3.05, 3.63) is 47.5 Å². The van der Waals surface area contributed by atoms with Gasteiger partial charge < -0.3 is 5.73 Å². The van der Waals surface area contributed by atoms with Gasteiger partial charge in [-0.25, -0.2) is 4.39 Å². The van der Waals surface area contributed by atoms with Crippen LogP contribution in [0.15, 0.2) is 30.5 Å². The van der Waals surface area contributed by atoms with Gasteiger partial charge in [0, 0.05) is 17.8 Å². The molecule has 5 heteroatoms. The smallest absolute Gasteiger partial charge is 0.171 e. The van der Waals surface area contributed by atoms with Gasteiger partial charge in [0.1, 0.15) is 5.82 Å². The van der Waals surface area contributed by atoms with Crippen molar-refractivity contribution in [1.82, 2.24) is 9.78 Å². The third-order valence-electron chi connectivity index (χ3n) is 2.89. The number of benzene rings is 1. The molecule has 0 aliphatic heterocycles. The Morgan fingerprint density at radius 3 is 2.79 bits per heavy atom. The van der Waals surface area contributed by atoms with Crippen LogP contribution in [-0.2, 0) is 6.42 Å². The van der Waals surface area contributed by atoms with Crippen molar-refractivity contribution < 1.29 is 9.18 Å². The Morgan fingerprint density at radius 2 is 2.16 bits per heavy atom. The number of carbonyl (C=O) groups is 1. The number of hydrogen-bond acceptors (Lipinski definition) is 3. The van der Waals surface area contributed by atoms with E-state index in [9.17, 15) is 9.18 Å². The molecule has 1 aromatic heterocycles. The number of nitrogens with zero attached hydrogens (tertiary/aromatic N) is 2. The van der Waals surface area contributed by atoms with E-state index in [0.29, 0.717) is 5.69 Å². The fourth-order valence-electron chi connectivity index (χ4n) is 1.80. The Labute approximate surface area is 111 Å². The molecule has 0 unspecified atom stereocenters. The van der Waals surface area contributed by atoms with Gasteiger partial charge in [-0.15, -0.1) is 0 Å². The van der Waals surface area contributed by atoms with Crippen molar-refractivity contribution >= 4 is 11.5 Å². The maximum absolute atomic E-state index is 13.3. The highest BCUT2D eigenvalue weighted by atomic mass is 19.1. The van der Waals surface area contributed by atoms with Crippen LogP contribution in [0.2, 0.25) is 0 Å². The molecule has 0 saturated carbocycles. The molecule has 0 amide bonds. The normalized spacial score (nSPS) is 10.9. The van der Waals surface area contributed by atoms with Crippen molar-refractivity contribution in [3.63, 3.8) is 0 Å². The summed E-state index contributed by atoms with van der Waals surface area (Å²) < 4.78 is 15.1. The summed E-state index contributed by atoms with van der Waals surface area (Å²) in [4.78, 5) is 12.1. The predicted molar refractivity (Wildman–Crippen MR) is 71.5 cm³/mol. The van der Waals surface area contributed by atoms with Gasteiger partial charge in [-0.2, -0.15) is 5.10 Å². The van der Waals surface area contributed by atoms with E-state index in [-0.39, 0.29) is 29.5 Å².